The first-order valence-electron chi connectivity index (χ1n) is 21.9. The second-order valence-corrected chi connectivity index (χ2v) is 15.1. The van der Waals surface area contributed by atoms with E-state index in [0.717, 1.165) is 38.5 Å². The molecule has 0 aliphatic rings. The van der Waals surface area contributed by atoms with E-state index < -0.39 is 12.1 Å². The molecule has 0 spiro atoms. The fourth-order valence-corrected chi connectivity index (χ4v) is 6.89. The van der Waals surface area contributed by atoms with E-state index in [1.165, 1.54) is 180 Å². The molecule has 0 aliphatic heterocycles. The van der Waals surface area contributed by atoms with E-state index >= 15 is 0 Å². The van der Waals surface area contributed by atoms with Crippen molar-refractivity contribution >= 4 is 5.91 Å². The molecule has 48 heavy (non-hydrogen) atoms. The lowest BCUT2D eigenvalue weighted by molar-refractivity contribution is -0.123. The van der Waals surface area contributed by atoms with Crippen LogP contribution in [-0.2, 0) is 4.79 Å². The molecular weight excluding hydrogens is 590 g/mol. The van der Waals surface area contributed by atoms with Crippen LogP contribution in [0, 0.1) is 0 Å². The highest BCUT2D eigenvalue weighted by Crippen LogP contribution is 2.16. The van der Waals surface area contributed by atoms with Crippen LogP contribution in [0.4, 0.5) is 0 Å². The molecule has 3 N–H and O–H groups in total. The second-order valence-electron chi connectivity index (χ2n) is 15.1. The Morgan fingerprint density at radius 1 is 0.479 bits per heavy atom. The lowest BCUT2D eigenvalue weighted by Gasteiger charge is -2.22. The zero-order chi connectivity index (χ0) is 35.0. The monoisotopic (exact) mass is 678 g/mol. The van der Waals surface area contributed by atoms with Crippen LogP contribution in [0.25, 0.3) is 0 Å². The molecule has 0 saturated carbocycles. The molecule has 2 atom stereocenters. The first-order valence-corrected chi connectivity index (χ1v) is 21.9. The summed E-state index contributed by atoms with van der Waals surface area (Å²) in [6.07, 6.45) is 50.1. The number of aliphatic hydroxyl groups excluding tert-OH is 2. The van der Waals surface area contributed by atoms with Crippen LogP contribution < -0.4 is 5.32 Å². The van der Waals surface area contributed by atoms with Crippen molar-refractivity contribution in [2.75, 3.05) is 6.61 Å². The minimum Gasteiger partial charge on any atom is -0.394 e. The predicted octanol–water partition coefficient (Wildman–Crippen LogP) is 13.5. The van der Waals surface area contributed by atoms with Gasteiger partial charge >= 0.3 is 0 Å². The van der Waals surface area contributed by atoms with Gasteiger partial charge in [-0.1, -0.05) is 212 Å². The Morgan fingerprint density at radius 3 is 1.15 bits per heavy atom. The zero-order valence-electron chi connectivity index (χ0n) is 32.8. The van der Waals surface area contributed by atoms with Crippen LogP contribution in [0.3, 0.4) is 0 Å². The molecule has 0 rings (SSSR count). The fourth-order valence-electron chi connectivity index (χ4n) is 6.89. The highest BCUT2D eigenvalue weighted by atomic mass is 16.3. The first kappa shape index (κ1) is 47.1. The number of carbonyl (C=O) groups excluding carboxylic acids is 1. The minimum atomic E-state index is -0.661. The number of hydrogen-bond acceptors (Lipinski definition) is 3. The van der Waals surface area contributed by atoms with Crippen molar-refractivity contribution in [3.05, 3.63) is 12.2 Å². The van der Waals surface area contributed by atoms with Crippen molar-refractivity contribution in [3.63, 3.8) is 0 Å². The Bertz CT molecular complexity index is 651. The molecular formula is C44H87NO3. The van der Waals surface area contributed by atoms with Crippen molar-refractivity contribution in [2.45, 2.75) is 257 Å². The van der Waals surface area contributed by atoms with E-state index in [2.05, 4.69) is 31.3 Å². The van der Waals surface area contributed by atoms with Gasteiger partial charge in [-0.3, -0.25) is 4.79 Å². The van der Waals surface area contributed by atoms with Gasteiger partial charge in [-0.25, -0.2) is 0 Å². The largest absolute Gasteiger partial charge is 0.394 e. The summed E-state index contributed by atoms with van der Waals surface area (Å²) in [5.41, 5.74) is 0. The van der Waals surface area contributed by atoms with Crippen molar-refractivity contribution in [2.24, 2.45) is 0 Å². The molecule has 0 aromatic heterocycles. The van der Waals surface area contributed by atoms with Crippen LogP contribution in [0.2, 0.25) is 0 Å². The number of rotatable bonds is 40. The number of carbonyl (C=O) groups is 1. The van der Waals surface area contributed by atoms with E-state index in [4.69, 9.17) is 0 Å². The van der Waals surface area contributed by atoms with Gasteiger partial charge < -0.3 is 15.5 Å². The lowest BCUT2D eigenvalue weighted by atomic mass is 10.0. The molecule has 0 heterocycles. The van der Waals surface area contributed by atoms with Gasteiger partial charge in [0.15, 0.2) is 0 Å². The van der Waals surface area contributed by atoms with Gasteiger partial charge in [-0.15, -0.1) is 0 Å². The lowest BCUT2D eigenvalue weighted by Crippen LogP contribution is -2.45. The van der Waals surface area contributed by atoms with Gasteiger partial charge in [0.2, 0.25) is 5.91 Å². The highest BCUT2D eigenvalue weighted by molar-refractivity contribution is 5.76. The second kappa shape index (κ2) is 40.6. The SMILES string of the molecule is CCCCCCCC/C=C\CCCCCC(=O)NC(CO)C(O)CCCCCCCCCCCCCCCCCCCCCCCCC. The molecule has 0 aromatic carbocycles. The maximum Gasteiger partial charge on any atom is 0.220 e. The van der Waals surface area contributed by atoms with Gasteiger partial charge in [0.1, 0.15) is 0 Å². The first-order chi connectivity index (χ1) is 23.7. The van der Waals surface area contributed by atoms with Gasteiger partial charge in [0, 0.05) is 6.42 Å². The molecule has 0 fully saturated rings. The predicted molar refractivity (Wildman–Crippen MR) is 212 cm³/mol. The third-order valence-electron chi connectivity index (χ3n) is 10.3. The average molecular weight is 678 g/mol. The van der Waals surface area contributed by atoms with Gasteiger partial charge in [0.05, 0.1) is 18.8 Å². The van der Waals surface area contributed by atoms with Crippen LogP contribution in [0.15, 0.2) is 12.2 Å². The van der Waals surface area contributed by atoms with E-state index in [9.17, 15) is 15.0 Å². The molecule has 0 saturated heterocycles. The summed E-state index contributed by atoms with van der Waals surface area (Å²) in [6.45, 7) is 4.36. The Balaban J connectivity index is 3.47. The van der Waals surface area contributed by atoms with Gasteiger partial charge in [-0.05, 0) is 38.5 Å². The smallest absolute Gasteiger partial charge is 0.220 e. The average Bonchev–Trinajstić information content (AvgIpc) is 3.09. The Kier molecular flexibility index (Phi) is 39.8. The standard InChI is InChI=1S/C44H87NO3/c1-3-5-7-9-11-13-15-17-18-19-20-21-22-23-24-25-26-28-29-31-33-35-37-39-43(47)42(41-46)45-44(48)40-38-36-34-32-30-27-16-14-12-10-8-6-4-2/h27,30,42-43,46-47H,3-26,28-29,31-41H2,1-2H3,(H,45,48)/b30-27-. The number of amides is 1. The molecule has 1 amide bonds. The van der Waals surface area contributed by atoms with Crippen LogP contribution in [0.1, 0.15) is 245 Å². The molecule has 0 bridgehead atoms. The van der Waals surface area contributed by atoms with Gasteiger partial charge in [-0.2, -0.15) is 0 Å². The summed E-state index contributed by atoms with van der Waals surface area (Å²) in [5.74, 6) is -0.0453. The topological polar surface area (TPSA) is 69.6 Å². The summed E-state index contributed by atoms with van der Waals surface area (Å²) < 4.78 is 0. The van der Waals surface area contributed by atoms with Crippen LogP contribution in [0.5, 0.6) is 0 Å². The van der Waals surface area contributed by atoms with E-state index in [-0.39, 0.29) is 12.5 Å². The quantitative estimate of drug-likeness (QED) is 0.0446. The maximum absolute atomic E-state index is 12.3. The molecule has 4 nitrogen and oxygen atoms in total. The molecule has 2 unspecified atom stereocenters. The molecule has 4 heteroatoms. The molecule has 0 radical (unpaired) electrons. The fraction of sp³-hybridized carbons (Fsp3) is 0.932. The number of aliphatic hydroxyl groups is 2. The molecule has 286 valence electrons. The highest BCUT2D eigenvalue weighted by Gasteiger charge is 2.19. The van der Waals surface area contributed by atoms with Crippen LogP contribution in [-0.4, -0.2) is 34.9 Å². The van der Waals surface area contributed by atoms with Crippen molar-refractivity contribution in [1.82, 2.24) is 5.32 Å². The van der Waals surface area contributed by atoms with Crippen molar-refractivity contribution in [3.8, 4) is 0 Å². The van der Waals surface area contributed by atoms with Gasteiger partial charge in [0.25, 0.3) is 0 Å². The zero-order valence-corrected chi connectivity index (χ0v) is 32.8. The Morgan fingerprint density at radius 2 is 0.792 bits per heavy atom. The number of hydrogen-bond donors (Lipinski definition) is 3. The maximum atomic E-state index is 12.3. The minimum absolute atomic E-state index is 0.0453. The summed E-state index contributed by atoms with van der Waals surface area (Å²) in [7, 11) is 0. The Labute approximate surface area is 301 Å². The summed E-state index contributed by atoms with van der Waals surface area (Å²) in [4.78, 5) is 12.3. The third-order valence-corrected chi connectivity index (χ3v) is 10.3. The number of unbranched alkanes of at least 4 members (excludes halogenated alkanes) is 31. The van der Waals surface area contributed by atoms with Crippen molar-refractivity contribution < 1.29 is 15.0 Å². The van der Waals surface area contributed by atoms with E-state index in [1.807, 2.05) is 0 Å². The number of nitrogens with one attached hydrogen (secondary N) is 1. The van der Waals surface area contributed by atoms with E-state index in [0.29, 0.717) is 12.8 Å². The summed E-state index contributed by atoms with van der Waals surface area (Å²) in [6, 6.07) is -0.540. The summed E-state index contributed by atoms with van der Waals surface area (Å²) in [5, 5.41) is 23.1. The van der Waals surface area contributed by atoms with Crippen LogP contribution >= 0.6 is 0 Å². The van der Waals surface area contributed by atoms with Crippen molar-refractivity contribution in [1.29, 1.82) is 0 Å². The molecule has 0 aromatic rings. The third kappa shape index (κ3) is 36.4. The Hall–Kier alpha value is -0.870. The number of allylic oxidation sites excluding steroid dienone is 2. The van der Waals surface area contributed by atoms with E-state index in [1.54, 1.807) is 0 Å². The normalized spacial score (nSPS) is 13.0. The summed E-state index contributed by atoms with van der Waals surface area (Å²) >= 11 is 0. The molecule has 0 aliphatic carbocycles.